The predicted octanol–water partition coefficient (Wildman–Crippen LogP) is 13.8. The van der Waals surface area contributed by atoms with Gasteiger partial charge in [-0.05, 0) is 69.6 Å². The van der Waals surface area contributed by atoms with Gasteiger partial charge in [-0.2, -0.15) is 0 Å². The van der Waals surface area contributed by atoms with E-state index < -0.39 is 0 Å². The quantitative estimate of drug-likeness (QED) is 0.176. The molecule has 1 aromatic heterocycles. The van der Waals surface area contributed by atoms with E-state index in [4.69, 9.17) is 9.15 Å². The molecule has 0 radical (unpaired) electrons. The summed E-state index contributed by atoms with van der Waals surface area (Å²) in [7, 11) is 0. The molecule has 0 amide bonds. The number of nitrogens with zero attached hydrogens (tertiary/aromatic N) is 1. The number of rotatable bonds is 6. The molecule has 9 aromatic rings. The van der Waals surface area contributed by atoms with Crippen LogP contribution < -0.4 is 9.64 Å². The van der Waals surface area contributed by atoms with Crippen molar-refractivity contribution < 1.29 is 9.15 Å². The monoisotopic (exact) mass is 669 g/mol. The molecule has 0 spiro atoms. The van der Waals surface area contributed by atoms with E-state index in [1.807, 2.05) is 0 Å². The zero-order valence-electron chi connectivity index (χ0n) is 28.7. The summed E-state index contributed by atoms with van der Waals surface area (Å²) in [6.45, 7) is 2.25. The lowest BCUT2D eigenvalue weighted by Gasteiger charge is -2.27. The Morgan fingerprint density at radius 2 is 1.12 bits per heavy atom. The summed E-state index contributed by atoms with van der Waals surface area (Å²) in [6.07, 6.45) is -0.0347. The summed E-state index contributed by atoms with van der Waals surface area (Å²) in [5.74, 6) is 1.16. The largest absolute Gasteiger partial charge is 0.484 e. The first kappa shape index (κ1) is 30.3. The molecule has 0 saturated carbocycles. The highest BCUT2D eigenvalue weighted by atomic mass is 16.5. The molecule has 0 aliphatic carbocycles. The van der Waals surface area contributed by atoms with Gasteiger partial charge in [0.15, 0.2) is 0 Å². The van der Waals surface area contributed by atoms with Crippen molar-refractivity contribution >= 4 is 49.8 Å². The molecule has 10 rings (SSSR count). The standard InChI is InChI=1S/C49H35NO2/c1-32-39-28-30-45-47(49(39)52-48(32)36-17-9-4-10-18-36)43-26-25-38(31-46(43)51-45)50(37-23-21-34(22-24-37)33-13-5-2-6-14-33)44-29-27-40(35-15-7-3-8-16-35)41-19-11-12-20-42(41)44/h2-32,48H,1H3. The zero-order chi connectivity index (χ0) is 34.6. The molecule has 248 valence electrons. The number of hydrogen-bond donors (Lipinski definition) is 0. The molecule has 52 heavy (non-hydrogen) atoms. The van der Waals surface area contributed by atoms with Gasteiger partial charge in [0.25, 0.3) is 0 Å². The average molecular weight is 670 g/mol. The first-order valence-corrected chi connectivity index (χ1v) is 17.9. The smallest absolute Gasteiger partial charge is 0.139 e. The molecule has 1 aliphatic rings. The maximum Gasteiger partial charge on any atom is 0.139 e. The van der Waals surface area contributed by atoms with E-state index in [2.05, 4.69) is 194 Å². The molecule has 0 fully saturated rings. The Hall–Kier alpha value is -6.58. The van der Waals surface area contributed by atoms with E-state index in [0.717, 1.165) is 44.8 Å². The van der Waals surface area contributed by atoms with Gasteiger partial charge in [0.2, 0.25) is 0 Å². The van der Waals surface area contributed by atoms with Crippen LogP contribution in [0.25, 0.3) is 55.0 Å². The Morgan fingerprint density at radius 1 is 0.481 bits per heavy atom. The van der Waals surface area contributed by atoms with Crippen molar-refractivity contribution in [1.29, 1.82) is 0 Å². The summed E-state index contributed by atoms with van der Waals surface area (Å²) in [5.41, 5.74) is 12.0. The minimum absolute atomic E-state index is 0.0347. The van der Waals surface area contributed by atoms with Crippen LogP contribution in [-0.4, -0.2) is 0 Å². The summed E-state index contributed by atoms with van der Waals surface area (Å²) in [5, 5.41) is 4.48. The molecule has 2 atom stereocenters. The van der Waals surface area contributed by atoms with Crippen molar-refractivity contribution in [3.8, 4) is 28.0 Å². The lowest BCUT2D eigenvalue weighted by molar-refractivity contribution is 0.218. The van der Waals surface area contributed by atoms with E-state index in [9.17, 15) is 0 Å². The summed E-state index contributed by atoms with van der Waals surface area (Å²) < 4.78 is 13.4. The van der Waals surface area contributed by atoms with Crippen LogP contribution in [0.5, 0.6) is 5.75 Å². The summed E-state index contributed by atoms with van der Waals surface area (Å²) in [4.78, 5) is 2.35. The first-order valence-electron chi connectivity index (χ1n) is 17.9. The number of fused-ring (bicyclic) bond motifs is 6. The molecular weight excluding hydrogens is 635 g/mol. The van der Waals surface area contributed by atoms with Gasteiger partial charge in [0.1, 0.15) is 23.0 Å². The predicted molar refractivity (Wildman–Crippen MR) is 215 cm³/mol. The fraction of sp³-hybridized carbons (Fsp3) is 0.0612. The highest BCUT2D eigenvalue weighted by Gasteiger charge is 2.34. The second-order valence-electron chi connectivity index (χ2n) is 13.7. The second kappa shape index (κ2) is 12.3. The summed E-state index contributed by atoms with van der Waals surface area (Å²) >= 11 is 0. The zero-order valence-corrected chi connectivity index (χ0v) is 28.7. The van der Waals surface area contributed by atoms with Crippen LogP contribution in [0, 0.1) is 0 Å². The van der Waals surface area contributed by atoms with Gasteiger partial charge in [-0.1, -0.05) is 146 Å². The Balaban J connectivity index is 1.14. The SMILES string of the molecule is CC1c2ccc3oc4cc(N(c5ccc(-c6ccccc6)cc5)c5ccc(-c6ccccc6)c6ccccc56)ccc4c3c2OC1c1ccccc1. The molecule has 2 heterocycles. The van der Waals surface area contributed by atoms with Crippen molar-refractivity contribution in [2.75, 3.05) is 4.90 Å². The van der Waals surface area contributed by atoms with Gasteiger partial charge in [0.05, 0.1) is 11.1 Å². The molecule has 3 nitrogen and oxygen atoms in total. The average Bonchev–Trinajstić information content (AvgIpc) is 3.76. The Kier molecular flexibility index (Phi) is 7.17. The van der Waals surface area contributed by atoms with Crippen molar-refractivity contribution in [2.24, 2.45) is 0 Å². The third kappa shape index (κ3) is 4.97. The molecule has 1 aliphatic heterocycles. The van der Waals surface area contributed by atoms with E-state index in [0.29, 0.717) is 0 Å². The van der Waals surface area contributed by atoms with E-state index >= 15 is 0 Å². The number of benzene rings is 8. The minimum Gasteiger partial charge on any atom is -0.484 e. The minimum atomic E-state index is -0.0347. The normalized spacial score (nSPS) is 15.2. The van der Waals surface area contributed by atoms with Crippen LogP contribution in [0.1, 0.15) is 30.1 Å². The van der Waals surface area contributed by atoms with Crippen LogP contribution >= 0.6 is 0 Å². The molecule has 3 heteroatoms. The maximum absolute atomic E-state index is 6.77. The highest BCUT2D eigenvalue weighted by molar-refractivity contribution is 6.11. The van der Waals surface area contributed by atoms with Crippen molar-refractivity contribution in [2.45, 2.75) is 18.9 Å². The fourth-order valence-corrected chi connectivity index (χ4v) is 8.07. The number of furan rings is 1. The fourth-order valence-electron chi connectivity index (χ4n) is 8.07. The third-order valence-electron chi connectivity index (χ3n) is 10.6. The van der Waals surface area contributed by atoms with Crippen LogP contribution in [0.2, 0.25) is 0 Å². The second-order valence-corrected chi connectivity index (χ2v) is 13.7. The van der Waals surface area contributed by atoms with E-state index in [1.165, 1.54) is 44.2 Å². The highest BCUT2D eigenvalue weighted by Crippen LogP contribution is 2.52. The Morgan fingerprint density at radius 3 is 1.87 bits per heavy atom. The van der Waals surface area contributed by atoms with Crippen LogP contribution in [0.3, 0.4) is 0 Å². The maximum atomic E-state index is 6.77. The van der Waals surface area contributed by atoms with Crippen molar-refractivity contribution in [1.82, 2.24) is 0 Å². The van der Waals surface area contributed by atoms with Gasteiger partial charge < -0.3 is 14.1 Å². The molecular formula is C49H35NO2. The van der Waals surface area contributed by atoms with E-state index in [1.54, 1.807) is 0 Å². The van der Waals surface area contributed by atoms with Gasteiger partial charge in [-0.3, -0.25) is 0 Å². The number of hydrogen-bond acceptors (Lipinski definition) is 3. The van der Waals surface area contributed by atoms with Gasteiger partial charge >= 0.3 is 0 Å². The lowest BCUT2D eigenvalue weighted by Crippen LogP contribution is -2.10. The Labute approximate surface area is 303 Å². The number of ether oxygens (including phenoxy) is 1. The molecule has 0 saturated heterocycles. The Bertz CT molecular complexity index is 2720. The third-order valence-corrected chi connectivity index (χ3v) is 10.6. The molecule has 2 unspecified atom stereocenters. The van der Waals surface area contributed by atoms with Crippen molar-refractivity contribution in [3.05, 3.63) is 193 Å². The lowest BCUT2D eigenvalue weighted by atomic mass is 9.92. The van der Waals surface area contributed by atoms with Gasteiger partial charge in [-0.15, -0.1) is 0 Å². The van der Waals surface area contributed by atoms with Gasteiger partial charge in [-0.25, -0.2) is 0 Å². The van der Waals surface area contributed by atoms with Crippen LogP contribution in [0.15, 0.2) is 186 Å². The molecule has 8 aromatic carbocycles. The molecule has 0 bridgehead atoms. The first-order chi connectivity index (χ1) is 25.7. The molecule has 0 N–H and O–H groups in total. The number of anilines is 3. The summed E-state index contributed by atoms with van der Waals surface area (Å²) in [6, 6.07) is 64.7. The van der Waals surface area contributed by atoms with Crippen LogP contribution in [-0.2, 0) is 0 Å². The van der Waals surface area contributed by atoms with Crippen LogP contribution in [0.4, 0.5) is 17.1 Å². The topological polar surface area (TPSA) is 25.6 Å². The van der Waals surface area contributed by atoms with E-state index in [-0.39, 0.29) is 12.0 Å². The van der Waals surface area contributed by atoms with Gasteiger partial charge in [0, 0.05) is 39.7 Å². The van der Waals surface area contributed by atoms with Crippen molar-refractivity contribution in [3.63, 3.8) is 0 Å².